The highest BCUT2D eigenvalue weighted by Gasteiger charge is 2.23. The third-order valence-corrected chi connectivity index (χ3v) is 4.36. The number of thioether (sulfide) groups is 1. The molecule has 0 aromatic rings. The van der Waals surface area contributed by atoms with Crippen LogP contribution >= 0.6 is 11.8 Å². The van der Waals surface area contributed by atoms with E-state index < -0.39 is 0 Å². The smallest absolute Gasteiger partial charge is 0.0207 e. The number of rotatable bonds is 9. The lowest BCUT2D eigenvalue weighted by Gasteiger charge is -2.20. The van der Waals surface area contributed by atoms with Crippen molar-refractivity contribution in [3.8, 4) is 0 Å². The van der Waals surface area contributed by atoms with Gasteiger partial charge in [0.2, 0.25) is 0 Å². The van der Waals surface area contributed by atoms with Crippen LogP contribution < -0.4 is 5.32 Å². The van der Waals surface area contributed by atoms with Crippen LogP contribution in [0.1, 0.15) is 46.0 Å². The van der Waals surface area contributed by atoms with Crippen LogP contribution in [0.5, 0.6) is 0 Å². The van der Waals surface area contributed by atoms with Crippen molar-refractivity contribution in [1.82, 2.24) is 10.2 Å². The van der Waals surface area contributed by atoms with Gasteiger partial charge in [-0.15, -0.1) is 0 Å². The number of likely N-dealkylation sites (tertiary alicyclic amines) is 1. The molecule has 0 saturated carbocycles. The van der Waals surface area contributed by atoms with Crippen LogP contribution in [-0.4, -0.2) is 48.6 Å². The van der Waals surface area contributed by atoms with Crippen molar-refractivity contribution in [2.45, 2.75) is 58.0 Å². The van der Waals surface area contributed by atoms with Gasteiger partial charge in [0.25, 0.3) is 0 Å². The Morgan fingerprint density at radius 2 is 2.00 bits per heavy atom. The molecule has 1 N–H and O–H groups in total. The van der Waals surface area contributed by atoms with Crippen molar-refractivity contribution in [2.24, 2.45) is 0 Å². The second-order valence-corrected chi connectivity index (χ2v) is 6.42. The minimum Gasteiger partial charge on any atom is -0.313 e. The van der Waals surface area contributed by atoms with E-state index in [2.05, 4.69) is 30.3 Å². The van der Waals surface area contributed by atoms with E-state index in [9.17, 15) is 0 Å². The molecule has 3 heteroatoms. The zero-order valence-corrected chi connectivity index (χ0v) is 12.7. The highest BCUT2D eigenvalue weighted by atomic mass is 32.2. The van der Waals surface area contributed by atoms with Crippen LogP contribution in [0.3, 0.4) is 0 Å². The van der Waals surface area contributed by atoms with Crippen molar-refractivity contribution in [1.29, 1.82) is 0 Å². The maximum atomic E-state index is 3.71. The molecule has 1 fully saturated rings. The van der Waals surface area contributed by atoms with E-state index in [1.807, 2.05) is 11.8 Å². The summed E-state index contributed by atoms with van der Waals surface area (Å²) in [6, 6.07) is 1.47. The first-order valence-electron chi connectivity index (χ1n) is 7.20. The van der Waals surface area contributed by atoms with Gasteiger partial charge in [-0.1, -0.05) is 12.8 Å². The van der Waals surface area contributed by atoms with Crippen LogP contribution in [0.4, 0.5) is 0 Å². The van der Waals surface area contributed by atoms with E-state index >= 15 is 0 Å². The van der Waals surface area contributed by atoms with Crippen LogP contribution in [0.25, 0.3) is 0 Å². The van der Waals surface area contributed by atoms with Gasteiger partial charge in [0.05, 0.1) is 0 Å². The van der Waals surface area contributed by atoms with Gasteiger partial charge in [-0.3, -0.25) is 4.90 Å². The summed E-state index contributed by atoms with van der Waals surface area (Å²) in [5.41, 5.74) is 0. The maximum Gasteiger partial charge on any atom is 0.0207 e. The minimum atomic E-state index is 0.716. The van der Waals surface area contributed by atoms with Gasteiger partial charge in [-0.05, 0) is 58.2 Å². The van der Waals surface area contributed by atoms with Crippen LogP contribution in [-0.2, 0) is 0 Å². The van der Waals surface area contributed by atoms with Gasteiger partial charge < -0.3 is 5.32 Å². The molecule has 0 aromatic heterocycles. The lowest BCUT2D eigenvalue weighted by Crippen LogP contribution is -2.35. The zero-order chi connectivity index (χ0) is 12.5. The Morgan fingerprint density at radius 1 is 1.24 bits per heavy atom. The molecule has 102 valence electrons. The third kappa shape index (κ3) is 6.68. The number of nitrogens with zero attached hydrogens (tertiary/aromatic N) is 1. The molecule has 1 aliphatic heterocycles. The van der Waals surface area contributed by atoms with Gasteiger partial charge in [-0.2, -0.15) is 11.8 Å². The Balaban J connectivity index is 1.90. The highest BCUT2D eigenvalue weighted by molar-refractivity contribution is 7.98. The molecule has 0 spiro atoms. The quantitative estimate of drug-likeness (QED) is 0.640. The van der Waals surface area contributed by atoms with Crippen LogP contribution in [0.15, 0.2) is 0 Å². The summed E-state index contributed by atoms with van der Waals surface area (Å²) in [6.07, 6.45) is 9.09. The fraction of sp³-hybridized carbons (Fsp3) is 1.00. The summed E-state index contributed by atoms with van der Waals surface area (Å²) < 4.78 is 0. The van der Waals surface area contributed by atoms with Crippen LogP contribution in [0.2, 0.25) is 0 Å². The van der Waals surface area contributed by atoms with Crippen molar-refractivity contribution >= 4 is 11.8 Å². The first kappa shape index (κ1) is 15.3. The molecule has 0 radical (unpaired) electrons. The van der Waals surface area contributed by atoms with Gasteiger partial charge in [0, 0.05) is 18.6 Å². The average Bonchev–Trinajstić information content (AvgIpc) is 2.77. The predicted molar refractivity (Wildman–Crippen MR) is 80.0 cm³/mol. The average molecular weight is 258 g/mol. The van der Waals surface area contributed by atoms with Crippen molar-refractivity contribution in [3.05, 3.63) is 0 Å². The zero-order valence-electron chi connectivity index (χ0n) is 11.9. The standard InChI is InChI=1S/C14H30N2S/c1-13(2)16-10-8-14(12-16)15-9-6-4-5-7-11-17-3/h13-15H,4-12H2,1-3H3. The predicted octanol–water partition coefficient (Wildman–Crippen LogP) is 2.98. The Hall–Kier alpha value is 0.270. The molecule has 0 bridgehead atoms. The van der Waals surface area contributed by atoms with E-state index in [4.69, 9.17) is 0 Å². The lowest BCUT2D eigenvalue weighted by molar-refractivity contribution is 0.268. The number of hydrogen-bond donors (Lipinski definition) is 1. The van der Waals surface area contributed by atoms with E-state index in [1.165, 1.54) is 57.5 Å². The monoisotopic (exact) mass is 258 g/mol. The Morgan fingerprint density at radius 3 is 2.65 bits per heavy atom. The molecule has 1 atom stereocenters. The Bertz CT molecular complexity index is 185. The van der Waals surface area contributed by atoms with Gasteiger partial charge in [0.15, 0.2) is 0 Å². The second-order valence-electron chi connectivity index (χ2n) is 5.44. The fourth-order valence-electron chi connectivity index (χ4n) is 2.45. The van der Waals surface area contributed by atoms with Crippen molar-refractivity contribution < 1.29 is 0 Å². The second kappa shape index (κ2) is 9.23. The SMILES string of the molecule is CSCCCCCCNC1CCN(C(C)C)C1. The summed E-state index contributed by atoms with van der Waals surface area (Å²) in [4.78, 5) is 2.58. The number of nitrogens with one attached hydrogen (secondary N) is 1. The molecule has 1 heterocycles. The molecule has 17 heavy (non-hydrogen) atoms. The number of unbranched alkanes of at least 4 members (excludes halogenated alkanes) is 3. The lowest BCUT2D eigenvalue weighted by atomic mass is 10.2. The largest absolute Gasteiger partial charge is 0.313 e. The molecule has 1 aliphatic rings. The first-order valence-corrected chi connectivity index (χ1v) is 8.59. The van der Waals surface area contributed by atoms with Gasteiger partial charge in [0.1, 0.15) is 0 Å². The summed E-state index contributed by atoms with van der Waals surface area (Å²) in [6.45, 7) is 8.35. The number of hydrogen-bond acceptors (Lipinski definition) is 3. The molecule has 1 unspecified atom stereocenters. The molecule has 2 nitrogen and oxygen atoms in total. The van der Waals surface area contributed by atoms with Gasteiger partial charge in [-0.25, -0.2) is 0 Å². The summed E-state index contributed by atoms with van der Waals surface area (Å²) >= 11 is 1.97. The van der Waals surface area contributed by atoms with E-state index in [-0.39, 0.29) is 0 Å². The molecular formula is C14H30N2S. The van der Waals surface area contributed by atoms with Crippen molar-refractivity contribution in [2.75, 3.05) is 31.6 Å². The first-order chi connectivity index (χ1) is 8.24. The normalized spacial score (nSPS) is 21.5. The third-order valence-electron chi connectivity index (χ3n) is 3.66. The van der Waals surface area contributed by atoms with E-state index in [0.717, 1.165) is 6.04 Å². The van der Waals surface area contributed by atoms with Gasteiger partial charge >= 0.3 is 0 Å². The summed E-state index contributed by atoms with van der Waals surface area (Å²) in [5, 5.41) is 3.71. The molecule has 1 saturated heterocycles. The Labute approximate surface area is 112 Å². The minimum absolute atomic E-state index is 0.716. The highest BCUT2D eigenvalue weighted by Crippen LogP contribution is 2.12. The molecular weight excluding hydrogens is 228 g/mol. The topological polar surface area (TPSA) is 15.3 Å². The van der Waals surface area contributed by atoms with Crippen molar-refractivity contribution in [3.63, 3.8) is 0 Å². The maximum absolute atomic E-state index is 3.71. The van der Waals surface area contributed by atoms with Crippen LogP contribution in [0, 0.1) is 0 Å². The molecule has 1 rings (SSSR count). The van der Waals surface area contributed by atoms with E-state index in [0.29, 0.717) is 6.04 Å². The molecule has 0 aromatic carbocycles. The summed E-state index contributed by atoms with van der Waals surface area (Å²) in [7, 11) is 0. The summed E-state index contributed by atoms with van der Waals surface area (Å²) in [5.74, 6) is 1.33. The fourth-order valence-corrected chi connectivity index (χ4v) is 2.95. The molecule has 0 aliphatic carbocycles. The Kier molecular flexibility index (Phi) is 8.33. The van der Waals surface area contributed by atoms with E-state index in [1.54, 1.807) is 0 Å². The molecule has 0 amide bonds.